The molecule has 3 N–H and O–H groups in total. The maximum Gasteiger partial charge on any atom is 0.264 e. The van der Waals surface area contributed by atoms with Crippen LogP contribution in [0.15, 0.2) is 51.2 Å². The number of imidazole rings is 1. The van der Waals surface area contributed by atoms with Crippen LogP contribution in [0.3, 0.4) is 0 Å². The molecule has 130 valence electrons. The molecule has 0 bridgehead atoms. The van der Waals surface area contributed by atoms with Crippen LogP contribution in [0.1, 0.15) is 5.69 Å². The molecular weight excluding hydrogens is 414 g/mol. The van der Waals surface area contributed by atoms with Crippen LogP contribution in [-0.4, -0.2) is 43.7 Å². The van der Waals surface area contributed by atoms with E-state index in [0.29, 0.717) is 6.54 Å². The van der Waals surface area contributed by atoms with Crippen LogP contribution in [0.2, 0.25) is 0 Å². The van der Waals surface area contributed by atoms with Gasteiger partial charge in [0.05, 0.1) is 23.5 Å². The van der Waals surface area contributed by atoms with E-state index in [-0.39, 0.29) is 10.9 Å². The molecule has 2 rings (SSSR count). The van der Waals surface area contributed by atoms with Crippen molar-refractivity contribution in [3.63, 3.8) is 0 Å². The Hall–Kier alpha value is -1.52. The number of nitrogens with zero attached hydrogens (tertiary/aromatic N) is 2. The van der Waals surface area contributed by atoms with Crippen LogP contribution in [0.4, 0.5) is 0 Å². The number of aliphatic imine (C=N–C) groups is 1. The third-order valence-corrected chi connectivity index (χ3v) is 5.94. The smallest absolute Gasteiger partial charge is 0.264 e. The highest BCUT2D eigenvalue weighted by molar-refractivity contribution is 9.10. The van der Waals surface area contributed by atoms with E-state index >= 15 is 0 Å². The number of guanidine groups is 1. The Morgan fingerprint density at radius 1 is 1.38 bits per heavy atom. The average molecular weight is 432 g/mol. The summed E-state index contributed by atoms with van der Waals surface area (Å²) in [7, 11) is -2.00. The van der Waals surface area contributed by atoms with Crippen LogP contribution in [0.25, 0.3) is 0 Å². The summed E-state index contributed by atoms with van der Waals surface area (Å²) in [5, 5.41) is 2.77. The van der Waals surface area contributed by atoms with Gasteiger partial charge in [-0.25, -0.2) is 18.1 Å². The molecule has 0 saturated carbocycles. The number of halogens is 1. The first-order valence-electron chi connectivity index (χ1n) is 7.08. The molecule has 10 heteroatoms. The zero-order valence-electron chi connectivity index (χ0n) is 13.0. The Bertz CT molecular complexity index is 777. The molecule has 2 aromatic rings. The number of nitrogens with one attached hydrogen (secondary N) is 3. The van der Waals surface area contributed by atoms with Gasteiger partial charge >= 0.3 is 0 Å². The molecule has 7 nitrogen and oxygen atoms in total. The molecule has 0 spiro atoms. The lowest BCUT2D eigenvalue weighted by Crippen LogP contribution is -2.39. The number of thioether (sulfide) groups is 1. The van der Waals surface area contributed by atoms with Crippen molar-refractivity contribution < 1.29 is 8.42 Å². The Morgan fingerprint density at radius 3 is 2.75 bits per heavy atom. The van der Waals surface area contributed by atoms with Gasteiger partial charge in [0.15, 0.2) is 0 Å². The molecule has 0 saturated heterocycles. The van der Waals surface area contributed by atoms with Crippen molar-refractivity contribution in [2.45, 2.75) is 10.6 Å². The normalized spacial score (nSPS) is 12.2. The predicted octanol–water partition coefficient (Wildman–Crippen LogP) is 1.96. The van der Waals surface area contributed by atoms with E-state index in [1.165, 1.54) is 12.1 Å². The van der Waals surface area contributed by atoms with E-state index in [0.717, 1.165) is 21.8 Å². The summed E-state index contributed by atoms with van der Waals surface area (Å²) in [6, 6.07) is 8.19. The van der Waals surface area contributed by atoms with Crippen molar-refractivity contribution in [2.24, 2.45) is 4.99 Å². The maximum absolute atomic E-state index is 12.2. The number of sulfonamides is 1. The van der Waals surface area contributed by atoms with Crippen LogP contribution < -0.4 is 10.0 Å². The Kier molecular flexibility index (Phi) is 7.13. The van der Waals surface area contributed by atoms with Crippen molar-refractivity contribution in [3.8, 4) is 0 Å². The molecule has 0 amide bonds. The van der Waals surface area contributed by atoms with Gasteiger partial charge in [-0.05, 0) is 28.1 Å². The standard InChI is InChI=1S/C14H18BrN5O2S2/c1-16-14(20-24(21,22)11-5-3-2-4-6-11)17-7-8-23-9-12-13(15)19-10-18-12/h2-6,10H,7-9H2,1H3,(H,18,19)(H2,16,17,20). The Balaban J connectivity index is 1.84. The summed E-state index contributed by atoms with van der Waals surface area (Å²) < 4.78 is 27.7. The average Bonchev–Trinajstić information content (AvgIpc) is 2.99. The van der Waals surface area contributed by atoms with Crippen molar-refractivity contribution >= 4 is 43.7 Å². The van der Waals surface area contributed by atoms with E-state index in [1.54, 1.807) is 43.3 Å². The summed E-state index contributed by atoms with van der Waals surface area (Å²) in [5.74, 6) is 1.76. The Morgan fingerprint density at radius 2 is 2.12 bits per heavy atom. The van der Waals surface area contributed by atoms with Gasteiger partial charge in [0.25, 0.3) is 10.0 Å². The maximum atomic E-state index is 12.2. The van der Waals surface area contributed by atoms with Crippen LogP contribution in [0.5, 0.6) is 0 Å². The van der Waals surface area contributed by atoms with Crippen LogP contribution in [0, 0.1) is 0 Å². The number of aromatic nitrogens is 2. The fourth-order valence-corrected chi connectivity index (χ4v) is 4.14. The Labute approximate surface area is 153 Å². The fraction of sp³-hybridized carbons (Fsp3) is 0.286. The molecule has 24 heavy (non-hydrogen) atoms. The minimum atomic E-state index is -3.62. The first-order valence-corrected chi connectivity index (χ1v) is 10.5. The number of hydrogen-bond donors (Lipinski definition) is 3. The molecule has 1 aromatic carbocycles. The van der Waals surface area contributed by atoms with Crippen LogP contribution >= 0.6 is 27.7 Å². The lowest BCUT2D eigenvalue weighted by Gasteiger charge is -2.10. The molecule has 0 aliphatic rings. The van der Waals surface area contributed by atoms with Gasteiger partial charge < -0.3 is 10.3 Å². The molecule has 1 aromatic heterocycles. The van der Waals surface area contributed by atoms with Gasteiger partial charge in [-0.1, -0.05) is 18.2 Å². The summed E-state index contributed by atoms with van der Waals surface area (Å²) in [5.41, 5.74) is 1.02. The third kappa shape index (κ3) is 5.53. The lowest BCUT2D eigenvalue weighted by atomic mass is 10.4. The topological polar surface area (TPSA) is 99.2 Å². The van der Waals surface area contributed by atoms with Crippen molar-refractivity contribution in [1.29, 1.82) is 0 Å². The number of H-pyrrole nitrogens is 1. The number of benzene rings is 1. The van der Waals surface area contributed by atoms with Gasteiger partial charge in [-0.15, -0.1) is 0 Å². The van der Waals surface area contributed by atoms with Gasteiger partial charge in [-0.2, -0.15) is 11.8 Å². The first kappa shape index (κ1) is 18.8. The minimum absolute atomic E-state index is 0.200. The summed E-state index contributed by atoms with van der Waals surface area (Å²) in [6.07, 6.45) is 1.63. The van der Waals surface area contributed by atoms with E-state index in [9.17, 15) is 8.42 Å². The molecular formula is C14H18BrN5O2S2. The summed E-state index contributed by atoms with van der Waals surface area (Å²) in [6.45, 7) is 0.490. The van der Waals surface area contributed by atoms with E-state index < -0.39 is 10.0 Å². The SMILES string of the molecule is CNC(=NCCSCc1[nH]cnc1Br)NS(=O)(=O)c1ccccc1. The van der Waals surface area contributed by atoms with Crippen LogP contribution in [-0.2, 0) is 15.8 Å². The number of hydrogen-bond acceptors (Lipinski definition) is 5. The van der Waals surface area contributed by atoms with Crippen molar-refractivity contribution in [1.82, 2.24) is 20.0 Å². The number of rotatable bonds is 7. The second kappa shape index (κ2) is 9.09. The van der Waals surface area contributed by atoms with E-state index in [2.05, 4.69) is 40.9 Å². The van der Waals surface area contributed by atoms with Gasteiger partial charge in [0, 0.05) is 18.6 Å². The summed E-state index contributed by atoms with van der Waals surface area (Å²) >= 11 is 5.03. The van der Waals surface area contributed by atoms with Gasteiger partial charge in [-0.3, -0.25) is 4.99 Å². The van der Waals surface area contributed by atoms with Gasteiger partial charge in [0.1, 0.15) is 4.60 Å². The molecule has 0 aliphatic carbocycles. The van der Waals surface area contributed by atoms with E-state index in [4.69, 9.17) is 0 Å². The molecule has 0 unspecified atom stereocenters. The number of aromatic amines is 1. The highest BCUT2D eigenvalue weighted by Crippen LogP contribution is 2.17. The second-order valence-corrected chi connectivity index (χ2v) is 8.16. The first-order chi connectivity index (χ1) is 11.5. The molecule has 0 atom stereocenters. The summed E-state index contributed by atoms with van der Waals surface area (Å²) in [4.78, 5) is 11.6. The molecule has 0 aliphatic heterocycles. The predicted molar refractivity (Wildman–Crippen MR) is 101 cm³/mol. The highest BCUT2D eigenvalue weighted by atomic mass is 79.9. The van der Waals surface area contributed by atoms with Crippen molar-refractivity contribution in [2.75, 3.05) is 19.3 Å². The van der Waals surface area contributed by atoms with Gasteiger partial charge in [0.2, 0.25) is 5.96 Å². The quantitative estimate of drug-likeness (QED) is 0.353. The van der Waals surface area contributed by atoms with E-state index in [1.807, 2.05) is 0 Å². The molecule has 1 heterocycles. The minimum Gasteiger partial charge on any atom is -0.359 e. The molecule has 0 radical (unpaired) electrons. The fourth-order valence-electron chi connectivity index (χ4n) is 1.75. The zero-order valence-corrected chi connectivity index (χ0v) is 16.2. The monoisotopic (exact) mass is 431 g/mol. The highest BCUT2D eigenvalue weighted by Gasteiger charge is 2.14. The molecule has 0 fully saturated rings. The van der Waals surface area contributed by atoms with Crippen molar-refractivity contribution in [3.05, 3.63) is 47.0 Å². The largest absolute Gasteiger partial charge is 0.359 e. The third-order valence-electron chi connectivity index (χ3n) is 2.94. The second-order valence-electron chi connectivity index (χ2n) is 4.62. The zero-order chi connectivity index (χ0) is 17.4. The lowest BCUT2D eigenvalue weighted by molar-refractivity contribution is 0.591.